The van der Waals surface area contributed by atoms with Gasteiger partial charge in [-0.05, 0) is 11.6 Å². The molecule has 0 unspecified atom stereocenters. The maximum Gasteiger partial charge on any atom is 0.417 e. The van der Waals surface area contributed by atoms with Gasteiger partial charge < -0.3 is 5.73 Å². The van der Waals surface area contributed by atoms with E-state index in [0.717, 1.165) is 18.5 Å². The number of hydrogen-bond acceptors (Lipinski definition) is 4. The van der Waals surface area contributed by atoms with Gasteiger partial charge in [-0.3, -0.25) is 15.1 Å². The fourth-order valence-corrected chi connectivity index (χ4v) is 1.78. The number of alkyl halides is 3. The van der Waals surface area contributed by atoms with E-state index < -0.39 is 22.4 Å². The molecule has 0 spiro atoms. The van der Waals surface area contributed by atoms with Gasteiger partial charge in [-0.15, -0.1) is 0 Å². The molecule has 0 aliphatic carbocycles. The fourth-order valence-electron chi connectivity index (χ4n) is 1.78. The van der Waals surface area contributed by atoms with Crippen molar-refractivity contribution in [3.05, 3.63) is 52.3 Å². The number of nitrogens with zero attached hydrogens (tertiary/aromatic N) is 2. The zero-order valence-electron chi connectivity index (χ0n) is 9.89. The van der Waals surface area contributed by atoms with Crippen LogP contribution in [0.2, 0.25) is 0 Å². The van der Waals surface area contributed by atoms with Crippen molar-refractivity contribution in [3.8, 4) is 11.1 Å². The summed E-state index contributed by atoms with van der Waals surface area (Å²) < 4.78 is 38.8. The second-order valence-corrected chi connectivity index (χ2v) is 3.92. The van der Waals surface area contributed by atoms with Crippen LogP contribution in [-0.4, -0.2) is 9.91 Å². The molecule has 2 rings (SSSR count). The van der Waals surface area contributed by atoms with E-state index in [9.17, 15) is 23.3 Å². The predicted octanol–water partition coefficient (Wildman–Crippen LogP) is 3.26. The maximum atomic E-state index is 12.9. The molecule has 5 nitrogen and oxygen atoms in total. The van der Waals surface area contributed by atoms with E-state index in [1.54, 1.807) is 0 Å². The first kappa shape index (κ1) is 13.8. The predicted molar refractivity (Wildman–Crippen MR) is 65.7 cm³/mol. The van der Waals surface area contributed by atoms with Crippen LogP contribution in [0.15, 0.2) is 36.7 Å². The van der Waals surface area contributed by atoms with E-state index in [1.165, 1.54) is 18.2 Å². The van der Waals surface area contributed by atoms with Crippen LogP contribution >= 0.6 is 0 Å². The maximum absolute atomic E-state index is 12.9. The molecule has 0 bridgehead atoms. The molecule has 0 atom stereocenters. The normalized spacial score (nSPS) is 11.3. The Bertz CT molecular complexity index is 671. The lowest BCUT2D eigenvalue weighted by Gasteiger charge is -2.13. The molecule has 1 aromatic heterocycles. The van der Waals surface area contributed by atoms with Crippen LogP contribution in [0, 0.1) is 10.1 Å². The van der Waals surface area contributed by atoms with Gasteiger partial charge in [0.15, 0.2) is 0 Å². The Labute approximate surface area is 111 Å². The zero-order valence-corrected chi connectivity index (χ0v) is 9.89. The van der Waals surface area contributed by atoms with E-state index in [0.29, 0.717) is 0 Å². The molecule has 0 amide bonds. The third kappa shape index (κ3) is 2.40. The molecule has 0 aliphatic rings. The third-order valence-corrected chi connectivity index (χ3v) is 2.69. The lowest BCUT2D eigenvalue weighted by Crippen LogP contribution is -2.08. The van der Waals surface area contributed by atoms with Gasteiger partial charge in [-0.2, -0.15) is 13.2 Å². The molecular formula is C12H8F3N3O2. The summed E-state index contributed by atoms with van der Waals surface area (Å²) in [6, 6.07) is 4.70. The second-order valence-electron chi connectivity index (χ2n) is 3.92. The summed E-state index contributed by atoms with van der Waals surface area (Å²) in [6.45, 7) is 0. The summed E-state index contributed by atoms with van der Waals surface area (Å²) in [5.74, 6) is 0. The van der Waals surface area contributed by atoms with Crippen LogP contribution < -0.4 is 5.73 Å². The Morgan fingerprint density at radius 2 is 1.80 bits per heavy atom. The van der Waals surface area contributed by atoms with Gasteiger partial charge in [0.1, 0.15) is 11.9 Å². The first-order valence-electron chi connectivity index (χ1n) is 5.37. The first-order valence-corrected chi connectivity index (χ1v) is 5.37. The van der Waals surface area contributed by atoms with Crippen LogP contribution in [0.1, 0.15) is 5.56 Å². The molecule has 0 radical (unpaired) electrons. The molecule has 104 valence electrons. The molecule has 0 aliphatic heterocycles. The topological polar surface area (TPSA) is 82.0 Å². The lowest BCUT2D eigenvalue weighted by molar-refractivity contribution is -0.384. The summed E-state index contributed by atoms with van der Waals surface area (Å²) in [5.41, 5.74) is 3.42. The minimum absolute atomic E-state index is 0.118. The van der Waals surface area contributed by atoms with Crippen molar-refractivity contribution < 1.29 is 18.1 Å². The molecule has 0 fully saturated rings. The molecule has 20 heavy (non-hydrogen) atoms. The van der Waals surface area contributed by atoms with Gasteiger partial charge in [0.05, 0.1) is 10.5 Å². The molecule has 2 N–H and O–H groups in total. The Morgan fingerprint density at radius 1 is 1.15 bits per heavy atom. The molecule has 2 aromatic rings. The Morgan fingerprint density at radius 3 is 2.40 bits per heavy atom. The van der Waals surface area contributed by atoms with Crippen molar-refractivity contribution >= 4 is 11.4 Å². The number of rotatable bonds is 2. The standard InChI is InChI=1S/C12H8F3N3O2/c13-12(14,15)9-4-2-1-3-7(9)8-5-17-6-10(11(8)16)18(19)20/h1-6H,(H2,16,17). The van der Waals surface area contributed by atoms with Gasteiger partial charge in [0.2, 0.25) is 0 Å². The van der Waals surface area contributed by atoms with Gasteiger partial charge in [-0.1, -0.05) is 18.2 Å². The number of nitrogen functional groups attached to an aromatic ring is 1. The largest absolute Gasteiger partial charge is 0.417 e. The highest BCUT2D eigenvalue weighted by molar-refractivity contribution is 5.83. The average molecular weight is 283 g/mol. The van der Waals surface area contributed by atoms with Crippen LogP contribution in [0.25, 0.3) is 11.1 Å². The quantitative estimate of drug-likeness (QED) is 0.677. The van der Waals surface area contributed by atoms with E-state index in [2.05, 4.69) is 4.98 Å². The van der Waals surface area contributed by atoms with Crippen LogP contribution in [0.4, 0.5) is 24.5 Å². The number of pyridine rings is 1. The Balaban J connectivity index is 2.70. The van der Waals surface area contributed by atoms with Gasteiger partial charge in [0.25, 0.3) is 0 Å². The second kappa shape index (κ2) is 4.80. The molecule has 0 saturated carbocycles. The van der Waals surface area contributed by atoms with E-state index in [4.69, 9.17) is 5.73 Å². The monoisotopic (exact) mass is 283 g/mol. The summed E-state index contributed by atoms with van der Waals surface area (Å²) in [6.07, 6.45) is -2.62. The van der Waals surface area contributed by atoms with Crippen molar-refractivity contribution in [2.24, 2.45) is 0 Å². The highest BCUT2D eigenvalue weighted by Gasteiger charge is 2.34. The summed E-state index contributed by atoms with van der Waals surface area (Å²) in [5, 5.41) is 10.8. The summed E-state index contributed by atoms with van der Waals surface area (Å²) >= 11 is 0. The molecule has 0 saturated heterocycles. The SMILES string of the molecule is Nc1c(-c2ccccc2C(F)(F)F)cncc1[N+](=O)[O-]. The fraction of sp³-hybridized carbons (Fsp3) is 0.0833. The summed E-state index contributed by atoms with van der Waals surface area (Å²) in [4.78, 5) is 13.5. The number of anilines is 1. The van der Waals surface area contributed by atoms with Crippen molar-refractivity contribution in [1.29, 1.82) is 0 Å². The van der Waals surface area contributed by atoms with Crippen molar-refractivity contribution in [2.45, 2.75) is 6.18 Å². The molecule has 1 heterocycles. The lowest BCUT2D eigenvalue weighted by atomic mass is 9.99. The summed E-state index contributed by atoms with van der Waals surface area (Å²) in [7, 11) is 0. The highest BCUT2D eigenvalue weighted by Crippen LogP contribution is 2.40. The average Bonchev–Trinajstić information content (AvgIpc) is 2.37. The molecule has 8 heteroatoms. The number of aromatic nitrogens is 1. The third-order valence-electron chi connectivity index (χ3n) is 2.69. The smallest absolute Gasteiger partial charge is 0.393 e. The van der Waals surface area contributed by atoms with E-state index in [1.807, 2.05) is 0 Å². The van der Waals surface area contributed by atoms with Crippen LogP contribution in [0.3, 0.4) is 0 Å². The number of hydrogen-bond donors (Lipinski definition) is 1. The van der Waals surface area contributed by atoms with E-state index in [-0.39, 0.29) is 16.8 Å². The van der Waals surface area contributed by atoms with Gasteiger partial charge in [-0.25, -0.2) is 0 Å². The highest BCUT2D eigenvalue weighted by atomic mass is 19.4. The van der Waals surface area contributed by atoms with Crippen molar-refractivity contribution in [1.82, 2.24) is 4.98 Å². The van der Waals surface area contributed by atoms with Crippen molar-refractivity contribution in [2.75, 3.05) is 5.73 Å². The minimum Gasteiger partial charge on any atom is -0.393 e. The van der Waals surface area contributed by atoms with Crippen molar-refractivity contribution in [3.63, 3.8) is 0 Å². The minimum atomic E-state index is -4.59. The Hall–Kier alpha value is -2.64. The van der Waals surface area contributed by atoms with Gasteiger partial charge in [0, 0.05) is 11.8 Å². The first-order chi connectivity index (χ1) is 9.32. The van der Waals surface area contributed by atoms with Crippen LogP contribution in [0.5, 0.6) is 0 Å². The van der Waals surface area contributed by atoms with E-state index >= 15 is 0 Å². The van der Waals surface area contributed by atoms with Gasteiger partial charge >= 0.3 is 11.9 Å². The molecular weight excluding hydrogens is 275 g/mol. The number of nitrogens with two attached hydrogens (primary N) is 1. The Kier molecular flexibility index (Phi) is 3.31. The number of benzene rings is 1. The van der Waals surface area contributed by atoms with Crippen LogP contribution in [-0.2, 0) is 6.18 Å². The number of nitro groups is 1. The molecule has 1 aromatic carbocycles. The zero-order chi connectivity index (χ0) is 14.9. The number of halogens is 3.